The van der Waals surface area contributed by atoms with Gasteiger partial charge in [-0.3, -0.25) is 4.79 Å². The number of primary amides is 1. The van der Waals surface area contributed by atoms with Crippen LogP contribution in [0.4, 0.5) is 0 Å². The fourth-order valence-electron chi connectivity index (χ4n) is 1.98. The van der Waals surface area contributed by atoms with Crippen LogP contribution < -0.4 is 5.73 Å². The first kappa shape index (κ1) is 10.3. The van der Waals surface area contributed by atoms with Gasteiger partial charge in [-0.05, 0) is 18.4 Å². The molecule has 0 radical (unpaired) electrons. The van der Waals surface area contributed by atoms with Crippen LogP contribution in [0.15, 0.2) is 12.2 Å². The van der Waals surface area contributed by atoms with E-state index in [0.717, 1.165) is 12.3 Å². The molecule has 13 heavy (non-hydrogen) atoms. The van der Waals surface area contributed by atoms with Crippen LogP contribution in [0.3, 0.4) is 0 Å². The summed E-state index contributed by atoms with van der Waals surface area (Å²) in [5, 5.41) is 0. The number of allylic oxidation sites excluding steroid dienone is 1. The van der Waals surface area contributed by atoms with Crippen molar-refractivity contribution < 1.29 is 4.79 Å². The van der Waals surface area contributed by atoms with E-state index in [4.69, 9.17) is 5.73 Å². The van der Waals surface area contributed by atoms with Gasteiger partial charge in [-0.2, -0.15) is 0 Å². The maximum absolute atomic E-state index is 10.4. The zero-order valence-electron chi connectivity index (χ0n) is 8.17. The van der Waals surface area contributed by atoms with Gasteiger partial charge >= 0.3 is 0 Å². The van der Waals surface area contributed by atoms with Crippen LogP contribution in [-0.4, -0.2) is 5.91 Å². The Morgan fingerprint density at radius 1 is 1.23 bits per heavy atom. The number of hydrogen-bond donors (Lipinski definition) is 1. The van der Waals surface area contributed by atoms with Gasteiger partial charge in [-0.25, -0.2) is 0 Å². The highest BCUT2D eigenvalue weighted by atomic mass is 16.1. The smallest absolute Gasteiger partial charge is 0.241 e. The summed E-state index contributed by atoms with van der Waals surface area (Å²) in [6.07, 6.45) is 12.6. The van der Waals surface area contributed by atoms with Crippen LogP contribution in [0.2, 0.25) is 0 Å². The Bertz CT molecular complexity index is 179. The summed E-state index contributed by atoms with van der Waals surface area (Å²) in [6, 6.07) is 0. The van der Waals surface area contributed by atoms with E-state index in [-0.39, 0.29) is 5.91 Å². The number of hydrogen-bond acceptors (Lipinski definition) is 1. The summed E-state index contributed by atoms with van der Waals surface area (Å²) >= 11 is 0. The predicted molar refractivity (Wildman–Crippen MR) is 54.1 cm³/mol. The first-order chi connectivity index (χ1) is 6.29. The second kappa shape index (κ2) is 5.79. The number of carbonyl (C=O) groups excluding carboxylic acids is 1. The van der Waals surface area contributed by atoms with Crippen molar-refractivity contribution in [3.05, 3.63) is 12.2 Å². The zero-order valence-corrected chi connectivity index (χ0v) is 8.17. The van der Waals surface area contributed by atoms with Crippen molar-refractivity contribution in [3.63, 3.8) is 0 Å². The first-order valence-electron chi connectivity index (χ1n) is 5.25. The molecule has 2 N–H and O–H groups in total. The Morgan fingerprint density at radius 3 is 2.38 bits per heavy atom. The molecule has 1 aliphatic carbocycles. The molecular formula is C11H19NO. The molecule has 0 bridgehead atoms. The van der Waals surface area contributed by atoms with E-state index in [1.807, 2.05) is 6.08 Å². The standard InChI is InChI=1S/C11H19NO/c12-11(13)9-5-8-10-6-3-1-2-4-7-10/h5,9-10H,1-4,6-8H2,(H2,12,13)/b9-5+. The minimum Gasteiger partial charge on any atom is -0.366 e. The number of amides is 1. The maximum Gasteiger partial charge on any atom is 0.241 e. The van der Waals surface area contributed by atoms with Crippen LogP contribution in [-0.2, 0) is 4.79 Å². The van der Waals surface area contributed by atoms with Gasteiger partial charge in [0, 0.05) is 0 Å². The Hall–Kier alpha value is -0.790. The lowest BCUT2D eigenvalue weighted by Gasteiger charge is -2.09. The Labute approximate surface area is 80.2 Å². The average Bonchev–Trinajstić information content (AvgIpc) is 2.32. The van der Waals surface area contributed by atoms with Crippen LogP contribution >= 0.6 is 0 Å². The van der Waals surface area contributed by atoms with Crippen molar-refractivity contribution in [2.45, 2.75) is 44.9 Å². The van der Waals surface area contributed by atoms with Gasteiger partial charge < -0.3 is 5.73 Å². The van der Waals surface area contributed by atoms with Crippen molar-refractivity contribution >= 4 is 5.91 Å². The van der Waals surface area contributed by atoms with E-state index >= 15 is 0 Å². The molecule has 0 atom stereocenters. The van der Waals surface area contributed by atoms with Crippen LogP contribution in [0.1, 0.15) is 44.9 Å². The van der Waals surface area contributed by atoms with Gasteiger partial charge in [-0.1, -0.05) is 44.6 Å². The molecule has 0 aromatic heterocycles. The molecule has 0 aromatic carbocycles. The van der Waals surface area contributed by atoms with Crippen molar-refractivity contribution in [1.82, 2.24) is 0 Å². The number of nitrogens with two attached hydrogens (primary N) is 1. The third-order valence-corrected chi connectivity index (χ3v) is 2.73. The lowest BCUT2D eigenvalue weighted by molar-refractivity contribution is -0.113. The monoisotopic (exact) mass is 181 g/mol. The van der Waals surface area contributed by atoms with Crippen molar-refractivity contribution in [2.24, 2.45) is 11.7 Å². The third kappa shape index (κ3) is 4.71. The van der Waals surface area contributed by atoms with Crippen molar-refractivity contribution in [1.29, 1.82) is 0 Å². The highest BCUT2D eigenvalue weighted by Crippen LogP contribution is 2.25. The molecular weight excluding hydrogens is 162 g/mol. The molecule has 0 unspecified atom stereocenters. The Kier molecular flexibility index (Phi) is 4.58. The first-order valence-corrected chi connectivity index (χ1v) is 5.25. The van der Waals surface area contributed by atoms with E-state index < -0.39 is 0 Å². The average molecular weight is 181 g/mol. The normalized spacial score (nSPS) is 20.3. The fourth-order valence-corrected chi connectivity index (χ4v) is 1.98. The third-order valence-electron chi connectivity index (χ3n) is 2.73. The highest BCUT2D eigenvalue weighted by Gasteiger charge is 2.09. The SMILES string of the molecule is NC(=O)/C=C/CC1CCCCCC1. The summed E-state index contributed by atoms with van der Waals surface area (Å²) < 4.78 is 0. The van der Waals surface area contributed by atoms with Crippen LogP contribution in [0.5, 0.6) is 0 Å². The molecule has 0 aliphatic heterocycles. The van der Waals surface area contributed by atoms with E-state index in [9.17, 15) is 4.79 Å². The maximum atomic E-state index is 10.4. The van der Waals surface area contributed by atoms with E-state index in [1.165, 1.54) is 44.6 Å². The van der Waals surface area contributed by atoms with Gasteiger partial charge in [0.15, 0.2) is 0 Å². The molecule has 1 amide bonds. The molecule has 0 heterocycles. The highest BCUT2D eigenvalue weighted by molar-refractivity contribution is 5.85. The summed E-state index contributed by atoms with van der Waals surface area (Å²) in [7, 11) is 0. The lowest BCUT2D eigenvalue weighted by Crippen LogP contribution is -2.06. The molecule has 1 fully saturated rings. The molecule has 1 saturated carbocycles. The molecule has 2 heteroatoms. The minimum absolute atomic E-state index is 0.325. The van der Waals surface area contributed by atoms with Crippen LogP contribution in [0.25, 0.3) is 0 Å². The molecule has 74 valence electrons. The molecule has 1 rings (SSSR count). The Balaban J connectivity index is 2.22. The minimum atomic E-state index is -0.325. The van der Waals surface area contributed by atoms with Gasteiger partial charge in [0.2, 0.25) is 5.91 Å². The molecule has 0 spiro atoms. The molecule has 1 aliphatic rings. The predicted octanol–water partition coefficient (Wildman–Crippen LogP) is 2.39. The van der Waals surface area contributed by atoms with Gasteiger partial charge in [0.1, 0.15) is 0 Å². The van der Waals surface area contributed by atoms with E-state index in [1.54, 1.807) is 0 Å². The quantitative estimate of drug-likeness (QED) is 0.527. The summed E-state index contributed by atoms with van der Waals surface area (Å²) in [5.41, 5.74) is 5.01. The topological polar surface area (TPSA) is 43.1 Å². The Morgan fingerprint density at radius 2 is 1.85 bits per heavy atom. The summed E-state index contributed by atoms with van der Waals surface area (Å²) in [6.45, 7) is 0. The molecule has 2 nitrogen and oxygen atoms in total. The number of rotatable bonds is 3. The summed E-state index contributed by atoms with van der Waals surface area (Å²) in [4.78, 5) is 10.4. The molecule has 0 saturated heterocycles. The number of carbonyl (C=O) groups is 1. The second-order valence-electron chi connectivity index (χ2n) is 3.90. The zero-order chi connectivity index (χ0) is 9.52. The van der Waals surface area contributed by atoms with Gasteiger partial charge in [-0.15, -0.1) is 0 Å². The van der Waals surface area contributed by atoms with E-state index in [2.05, 4.69) is 0 Å². The lowest BCUT2D eigenvalue weighted by atomic mass is 9.96. The van der Waals surface area contributed by atoms with Crippen molar-refractivity contribution in [3.8, 4) is 0 Å². The second-order valence-corrected chi connectivity index (χ2v) is 3.90. The largest absolute Gasteiger partial charge is 0.366 e. The van der Waals surface area contributed by atoms with Gasteiger partial charge in [0.25, 0.3) is 0 Å². The molecule has 0 aromatic rings. The van der Waals surface area contributed by atoms with Crippen molar-refractivity contribution in [2.75, 3.05) is 0 Å². The van der Waals surface area contributed by atoms with E-state index in [0.29, 0.717) is 0 Å². The fraction of sp³-hybridized carbons (Fsp3) is 0.727. The van der Waals surface area contributed by atoms with Crippen LogP contribution in [0, 0.1) is 5.92 Å². The summed E-state index contributed by atoms with van der Waals surface area (Å²) in [5.74, 6) is 0.465. The van der Waals surface area contributed by atoms with Gasteiger partial charge in [0.05, 0.1) is 0 Å².